The van der Waals surface area contributed by atoms with E-state index in [1.165, 1.54) is 12.1 Å². The molecule has 0 aromatic heterocycles. The number of benzene rings is 2. The van der Waals surface area contributed by atoms with Crippen molar-refractivity contribution in [1.82, 2.24) is 14.7 Å². The number of piperazine rings is 1. The van der Waals surface area contributed by atoms with Gasteiger partial charge in [-0.2, -0.15) is 0 Å². The number of amides is 3. The zero-order valence-electron chi connectivity index (χ0n) is 20.1. The van der Waals surface area contributed by atoms with E-state index < -0.39 is 5.41 Å². The number of carbonyl (C=O) groups excluding carboxylic acids is 2. The summed E-state index contributed by atoms with van der Waals surface area (Å²) in [6.07, 6.45) is 0. The highest BCUT2D eigenvalue weighted by Crippen LogP contribution is 2.20. The maximum absolute atomic E-state index is 13.3. The maximum atomic E-state index is 13.3. The summed E-state index contributed by atoms with van der Waals surface area (Å²) in [5.41, 5.74) is 2.29. The Bertz CT molecular complexity index is 948. The Morgan fingerprint density at radius 2 is 1.64 bits per heavy atom. The van der Waals surface area contributed by atoms with Crippen LogP contribution in [0.5, 0.6) is 0 Å². The molecule has 7 heteroatoms. The number of anilines is 1. The lowest BCUT2D eigenvalue weighted by Crippen LogP contribution is -2.52. The van der Waals surface area contributed by atoms with Gasteiger partial charge in [0.25, 0.3) is 0 Å². The highest BCUT2D eigenvalue weighted by Gasteiger charge is 2.28. The van der Waals surface area contributed by atoms with Gasteiger partial charge in [-0.3, -0.25) is 9.69 Å². The summed E-state index contributed by atoms with van der Waals surface area (Å²) >= 11 is 0. The van der Waals surface area contributed by atoms with Crippen LogP contribution >= 0.6 is 0 Å². The van der Waals surface area contributed by atoms with E-state index in [2.05, 4.69) is 10.2 Å². The number of para-hydroxylation sites is 1. The van der Waals surface area contributed by atoms with Gasteiger partial charge in [0.2, 0.25) is 5.91 Å². The quantitative estimate of drug-likeness (QED) is 0.706. The third-order valence-electron chi connectivity index (χ3n) is 5.95. The van der Waals surface area contributed by atoms with Gasteiger partial charge in [-0.1, -0.05) is 51.1 Å². The SMILES string of the molecule is Cc1ccccc1NC(=O)N1CCN(CCN(Cc2ccc(F)cc2)C(=O)C(C)(C)C)CC1. The van der Waals surface area contributed by atoms with Crippen molar-refractivity contribution in [2.75, 3.05) is 44.6 Å². The third-order valence-corrected chi connectivity index (χ3v) is 5.95. The highest BCUT2D eigenvalue weighted by molar-refractivity contribution is 5.90. The van der Waals surface area contributed by atoms with Gasteiger partial charge in [-0.05, 0) is 36.2 Å². The molecule has 6 nitrogen and oxygen atoms in total. The number of hydrogen-bond acceptors (Lipinski definition) is 3. The van der Waals surface area contributed by atoms with Crippen LogP contribution in [0.2, 0.25) is 0 Å². The van der Waals surface area contributed by atoms with E-state index in [9.17, 15) is 14.0 Å². The van der Waals surface area contributed by atoms with E-state index in [1.54, 1.807) is 12.1 Å². The number of carbonyl (C=O) groups is 2. The molecule has 0 atom stereocenters. The van der Waals surface area contributed by atoms with Crippen LogP contribution in [0, 0.1) is 18.2 Å². The molecular formula is C26H35FN4O2. The molecule has 2 aromatic rings. The van der Waals surface area contributed by atoms with Crippen LogP contribution in [0.1, 0.15) is 31.9 Å². The molecule has 1 aliphatic rings. The fourth-order valence-electron chi connectivity index (χ4n) is 3.88. The number of halogens is 1. The molecule has 3 amide bonds. The largest absolute Gasteiger partial charge is 0.337 e. The lowest BCUT2D eigenvalue weighted by atomic mass is 9.94. The molecule has 0 aliphatic carbocycles. The van der Waals surface area contributed by atoms with Crippen molar-refractivity contribution in [2.24, 2.45) is 5.41 Å². The van der Waals surface area contributed by atoms with Crippen molar-refractivity contribution < 1.29 is 14.0 Å². The van der Waals surface area contributed by atoms with E-state index >= 15 is 0 Å². The van der Waals surface area contributed by atoms with Crippen molar-refractivity contribution in [3.8, 4) is 0 Å². The Balaban J connectivity index is 1.53. The minimum atomic E-state index is -0.494. The monoisotopic (exact) mass is 454 g/mol. The number of nitrogens with zero attached hydrogens (tertiary/aromatic N) is 3. The van der Waals surface area contributed by atoms with Gasteiger partial charge < -0.3 is 15.1 Å². The van der Waals surface area contributed by atoms with Crippen LogP contribution in [0.25, 0.3) is 0 Å². The zero-order chi connectivity index (χ0) is 24.0. The molecule has 1 aliphatic heterocycles. The van der Waals surface area contributed by atoms with Crippen molar-refractivity contribution in [3.05, 3.63) is 65.5 Å². The zero-order valence-corrected chi connectivity index (χ0v) is 20.1. The number of nitrogens with one attached hydrogen (secondary N) is 1. The van der Waals surface area contributed by atoms with Gasteiger partial charge in [-0.25, -0.2) is 9.18 Å². The van der Waals surface area contributed by atoms with E-state index in [4.69, 9.17) is 0 Å². The fourth-order valence-corrected chi connectivity index (χ4v) is 3.88. The summed E-state index contributed by atoms with van der Waals surface area (Å²) in [5, 5.41) is 3.00. The second kappa shape index (κ2) is 10.8. The normalized spacial score (nSPS) is 14.8. The van der Waals surface area contributed by atoms with Gasteiger partial charge in [0.05, 0.1) is 0 Å². The van der Waals surface area contributed by atoms with E-state index in [1.807, 2.05) is 61.8 Å². The Hall–Kier alpha value is -2.93. The summed E-state index contributed by atoms with van der Waals surface area (Å²) in [6, 6.07) is 14.0. The Kier molecular flexibility index (Phi) is 8.08. The van der Waals surface area contributed by atoms with Gasteiger partial charge in [-0.15, -0.1) is 0 Å². The fraction of sp³-hybridized carbons (Fsp3) is 0.462. The number of rotatable bonds is 6. The molecule has 0 unspecified atom stereocenters. The first-order valence-corrected chi connectivity index (χ1v) is 11.5. The van der Waals surface area contributed by atoms with Crippen LogP contribution in [-0.4, -0.2) is 65.9 Å². The minimum absolute atomic E-state index is 0.0723. The van der Waals surface area contributed by atoms with Gasteiger partial charge in [0, 0.05) is 56.9 Å². The van der Waals surface area contributed by atoms with Gasteiger partial charge >= 0.3 is 6.03 Å². The van der Waals surface area contributed by atoms with E-state index in [-0.39, 0.29) is 17.8 Å². The van der Waals surface area contributed by atoms with Crippen molar-refractivity contribution in [1.29, 1.82) is 0 Å². The Morgan fingerprint density at radius 3 is 2.24 bits per heavy atom. The molecule has 178 valence electrons. The minimum Gasteiger partial charge on any atom is -0.337 e. The van der Waals surface area contributed by atoms with Crippen LogP contribution in [0.3, 0.4) is 0 Å². The number of urea groups is 1. The molecule has 2 aromatic carbocycles. The molecule has 0 saturated carbocycles. The molecule has 3 rings (SSSR count). The first-order valence-electron chi connectivity index (χ1n) is 11.5. The molecule has 1 saturated heterocycles. The average molecular weight is 455 g/mol. The topological polar surface area (TPSA) is 55.9 Å². The summed E-state index contributed by atoms with van der Waals surface area (Å²) in [5.74, 6) is -0.208. The Labute approximate surface area is 196 Å². The van der Waals surface area contributed by atoms with E-state index in [0.717, 1.165) is 36.4 Å². The molecule has 1 N–H and O–H groups in total. The Morgan fingerprint density at radius 1 is 1.00 bits per heavy atom. The summed E-state index contributed by atoms with van der Waals surface area (Å²) in [4.78, 5) is 31.6. The summed E-state index contributed by atoms with van der Waals surface area (Å²) in [6.45, 7) is 12.3. The molecule has 1 heterocycles. The second-order valence-electron chi connectivity index (χ2n) is 9.68. The number of aryl methyl sites for hydroxylation is 1. The molecule has 33 heavy (non-hydrogen) atoms. The van der Waals surface area contributed by atoms with Crippen molar-refractivity contribution in [2.45, 2.75) is 34.2 Å². The number of hydrogen-bond donors (Lipinski definition) is 1. The second-order valence-corrected chi connectivity index (χ2v) is 9.68. The third kappa shape index (κ3) is 7.02. The van der Waals surface area contributed by atoms with Gasteiger partial charge in [0.1, 0.15) is 5.82 Å². The van der Waals surface area contributed by atoms with Crippen molar-refractivity contribution >= 4 is 17.6 Å². The molecule has 0 radical (unpaired) electrons. The summed E-state index contributed by atoms with van der Waals surface area (Å²) < 4.78 is 13.3. The smallest absolute Gasteiger partial charge is 0.321 e. The van der Waals surface area contributed by atoms with Crippen LogP contribution in [0.15, 0.2) is 48.5 Å². The summed E-state index contributed by atoms with van der Waals surface area (Å²) in [7, 11) is 0. The lowest BCUT2D eigenvalue weighted by Gasteiger charge is -2.37. The lowest BCUT2D eigenvalue weighted by molar-refractivity contribution is -0.140. The van der Waals surface area contributed by atoms with Crippen molar-refractivity contribution in [3.63, 3.8) is 0 Å². The average Bonchev–Trinajstić information content (AvgIpc) is 2.78. The van der Waals surface area contributed by atoms with Crippen LogP contribution in [0.4, 0.5) is 14.9 Å². The first-order chi connectivity index (χ1) is 15.6. The molecule has 1 fully saturated rings. The molecule has 0 spiro atoms. The maximum Gasteiger partial charge on any atom is 0.321 e. The standard InChI is InChI=1S/C26H35FN4O2/c1-20-7-5-6-8-23(20)28-25(33)30-16-13-29(14-17-30)15-18-31(24(32)26(2,3)4)19-21-9-11-22(27)12-10-21/h5-12H,13-19H2,1-4H3,(H,28,33). The van der Waals surface area contributed by atoms with E-state index in [0.29, 0.717) is 26.2 Å². The van der Waals surface area contributed by atoms with Crippen LogP contribution in [-0.2, 0) is 11.3 Å². The predicted octanol–water partition coefficient (Wildman–Crippen LogP) is 4.36. The van der Waals surface area contributed by atoms with Crippen LogP contribution < -0.4 is 5.32 Å². The molecular weight excluding hydrogens is 419 g/mol. The highest BCUT2D eigenvalue weighted by atomic mass is 19.1. The first kappa shape index (κ1) is 24.7. The predicted molar refractivity (Wildman–Crippen MR) is 129 cm³/mol. The molecule has 0 bridgehead atoms. The van der Waals surface area contributed by atoms with Gasteiger partial charge in [0.15, 0.2) is 0 Å².